The molecule has 0 radical (unpaired) electrons. The van der Waals surface area contributed by atoms with E-state index in [4.69, 9.17) is 5.84 Å². The van der Waals surface area contributed by atoms with Gasteiger partial charge in [0.25, 0.3) is 0 Å². The smallest absolute Gasteiger partial charge is 0.0742 e. The van der Waals surface area contributed by atoms with Gasteiger partial charge in [-0.3, -0.25) is 10.8 Å². The average molecular weight is 342 g/mol. The van der Waals surface area contributed by atoms with Crippen molar-refractivity contribution in [2.75, 3.05) is 0 Å². The quantitative estimate of drug-likeness (QED) is 0.561. The van der Waals surface area contributed by atoms with Gasteiger partial charge < -0.3 is 0 Å². The summed E-state index contributed by atoms with van der Waals surface area (Å²) < 4.78 is 1.07. The monoisotopic (exact) mass is 341 g/mol. The van der Waals surface area contributed by atoms with Crippen molar-refractivity contribution in [2.45, 2.75) is 13.0 Å². The van der Waals surface area contributed by atoms with Crippen LogP contribution in [0.25, 0.3) is 10.8 Å². The molecule has 0 saturated carbocycles. The fraction of sp³-hybridized carbons (Fsp3) is 0.118. The number of rotatable bonds is 3. The van der Waals surface area contributed by atoms with Crippen molar-refractivity contribution in [3.05, 3.63) is 76.0 Å². The van der Waals surface area contributed by atoms with Crippen LogP contribution in [0.1, 0.15) is 22.7 Å². The highest BCUT2D eigenvalue weighted by molar-refractivity contribution is 9.10. The van der Waals surface area contributed by atoms with Crippen LogP contribution in [0.15, 0.2) is 59.3 Å². The van der Waals surface area contributed by atoms with E-state index in [0.29, 0.717) is 0 Å². The molecule has 21 heavy (non-hydrogen) atoms. The van der Waals surface area contributed by atoms with Gasteiger partial charge in [-0.2, -0.15) is 0 Å². The number of halogens is 1. The van der Waals surface area contributed by atoms with Crippen LogP contribution >= 0.6 is 15.9 Å². The lowest BCUT2D eigenvalue weighted by atomic mass is 9.95. The van der Waals surface area contributed by atoms with Crippen LogP contribution in [0.4, 0.5) is 0 Å². The van der Waals surface area contributed by atoms with Crippen LogP contribution in [0.3, 0.4) is 0 Å². The molecular formula is C17H16BrN3. The average Bonchev–Trinajstić information content (AvgIpc) is 2.52. The summed E-state index contributed by atoms with van der Waals surface area (Å²) in [6, 6.07) is 14.3. The minimum atomic E-state index is -0.113. The Morgan fingerprint density at radius 2 is 1.86 bits per heavy atom. The van der Waals surface area contributed by atoms with Crippen molar-refractivity contribution in [3.63, 3.8) is 0 Å². The largest absolute Gasteiger partial charge is 0.271 e. The van der Waals surface area contributed by atoms with Crippen LogP contribution in [0, 0.1) is 6.92 Å². The number of hydrazine groups is 1. The number of nitrogens with zero attached hydrogens (tertiary/aromatic N) is 1. The molecule has 4 heteroatoms. The Kier molecular flexibility index (Phi) is 4.01. The summed E-state index contributed by atoms with van der Waals surface area (Å²) in [6.07, 6.45) is 3.75. The third-order valence-corrected chi connectivity index (χ3v) is 4.79. The van der Waals surface area contributed by atoms with E-state index < -0.39 is 0 Å². The topological polar surface area (TPSA) is 50.9 Å². The molecule has 106 valence electrons. The maximum absolute atomic E-state index is 5.85. The number of hydrogen-bond acceptors (Lipinski definition) is 3. The first-order chi connectivity index (χ1) is 10.2. The van der Waals surface area contributed by atoms with E-state index in [2.05, 4.69) is 57.5 Å². The molecule has 3 rings (SSSR count). The molecule has 2 aromatic carbocycles. The molecule has 1 heterocycles. The van der Waals surface area contributed by atoms with Crippen molar-refractivity contribution in [1.82, 2.24) is 10.4 Å². The van der Waals surface area contributed by atoms with Gasteiger partial charge in [-0.05, 0) is 23.4 Å². The molecule has 0 amide bonds. The lowest BCUT2D eigenvalue weighted by Gasteiger charge is -2.20. The summed E-state index contributed by atoms with van der Waals surface area (Å²) in [7, 11) is 0. The SMILES string of the molecule is Cc1cccc(C(NN)c2cncc3ccccc23)c1Br. The number of pyridine rings is 1. The summed E-state index contributed by atoms with van der Waals surface area (Å²) >= 11 is 3.67. The number of nitrogens with one attached hydrogen (secondary N) is 1. The van der Waals surface area contributed by atoms with Crippen LogP contribution in [-0.2, 0) is 0 Å². The normalized spacial score (nSPS) is 12.5. The Morgan fingerprint density at radius 3 is 2.67 bits per heavy atom. The van der Waals surface area contributed by atoms with Crippen molar-refractivity contribution >= 4 is 26.7 Å². The van der Waals surface area contributed by atoms with Gasteiger partial charge in [-0.1, -0.05) is 58.4 Å². The maximum Gasteiger partial charge on any atom is 0.0742 e. The maximum atomic E-state index is 5.85. The third kappa shape index (κ3) is 2.58. The number of fused-ring (bicyclic) bond motifs is 1. The second-order valence-corrected chi connectivity index (χ2v) is 5.82. The fourth-order valence-corrected chi connectivity index (χ4v) is 3.10. The Bertz CT molecular complexity index is 781. The first-order valence-electron chi connectivity index (χ1n) is 6.76. The van der Waals surface area contributed by atoms with Crippen LogP contribution in [-0.4, -0.2) is 4.98 Å². The molecule has 0 fully saturated rings. The molecule has 0 aliphatic heterocycles. The Labute approximate surface area is 132 Å². The molecule has 3 nitrogen and oxygen atoms in total. The van der Waals surface area contributed by atoms with Crippen LogP contribution in [0.5, 0.6) is 0 Å². The fourth-order valence-electron chi connectivity index (χ4n) is 2.61. The van der Waals surface area contributed by atoms with Gasteiger partial charge in [0, 0.05) is 27.8 Å². The van der Waals surface area contributed by atoms with E-state index in [1.807, 2.05) is 30.6 Å². The zero-order valence-corrected chi connectivity index (χ0v) is 13.3. The summed E-state index contributed by atoms with van der Waals surface area (Å²) in [5.41, 5.74) is 6.28. The van der Waals surface area contributed by atoms with Crippen LogP contribution in [0.2, 0.25) is 0 Å². The molecule has 0 bridgehead atoms. The van der Waals surface area contributed by atoms with Gasteiger partial charge in [0.15, 0.2) is 0 Å². The zero-order valence-electron chi connectivity index (χ0n) is 11.7. The highest BCUT2D eigenvalue weighted by atomic mass is 79.9. The molecule has 0 aliphatic carbocycles. The molecule has 1 unspecified atom stereocenters. The minimum Gasteiger partial charge on any atom is -0.271 e. The van der Waals surface area contributed by atoms with E-state index in [1.165, 1.54) is 5.56 Å². The number of aromatic nitrogens is 1. The number of nitrogens with two attached hydrogens (primary N) is 1. The minimum absolute atomic E-state index is 0.113. The molecule has 0 spiro atoms. The van der Waals surface area contributed by atoms with Crippen LogP contribution < -0.4 is 11.3 Å². The highest BCUT2D eigenvalue weighted by Crippen LogP contribution is 2.33. The Morgan fingerprint density at radius 1 is 1.05 bits per heavy atom. The van der Waals surface area contributed by atoms with E-state index in [1.54, 1.807) is 0 Å². The van der Waals surface area contributed by atoms with Gasteiger partial charge in [0.05, 0.1) is 6.04 Å². The zero-order chi connectivity index (χ0) is 14.8. The molecule has 3 aromatic rings. The predicted octanol–water partition coefficient (Wildman–Crippen LogP) is 3.86. The van der Waals surface area contributed by atoms with Crippen molar-refractivity contribution in [2.24, 2.45) is 5.84 Å². The molecular weight excluding hydrogens is 326 g/mol. The van der Waals surface area contributed by atoms with E-state index in [9.17, 15) is 0 Å². The summed E-state index contributed by atoms with van der Waals surface area (Å²) in [5.74, 6) is 5.85. The molecule has 3 N–H and O–H groups in total. The van der Waals surface area contributed by atoms with E-state index in [0.717, 1.165) is 26.4 Å². The van der Waals surface area contributed by atoms with Crippen molar-refractivity contribution in [3.8, 4) is 0 Å². The number of benzene rings is 2. The first kappa shape index (κ1) is 14.2. The molecule has 0 saturated heterocycles. The second-order valence-electron chi connectivity index (χ2n) is 5.03. The molecule has 1 aromatic heterocycles. The van der Waals surface area contributed by atoms with E-state index >= 15 is 0 Å². The first-order valence-corrected chi connectivity index (χ1v) is 7.55. The lowest BCUT2D eigenvalue weighted by molar-refractivity contribution is 0.636. The Hall–Kier alpha value is -1.75. The van der Waals surface area contributed by atoms with E-state index in [-0.39, 0.29) is 6.04 Å². The lowest BCUT2D eigenvalue weighted by Crippen LogP contribution is -2.29. The van der Waals surface area contributed by atoms with Gasteiger partial charge in [0.1, 0.15) is 0 Å². The summed E-state index contributed by atoms with van der Waals surface area (Å²) in [5, 5.41) is 2.27. The summed E-state index contributed by atoms with van der Waals surface area (Å²) in [4.78, 5) is 4.35. The third-order valence-electron chi connectivity index (χ3n) is 3.71. The number of hydrogen-bond donors (Lipinski definition) is 2. The predicted molar refractivity (Wildman–Crippen MR) is 89.8 cm³/mol. The van der Waals surface area contributed by atoms with Gasteiger partial charge >= 0.3 is 0 Å². The van der Waals surface area contributed by atoms with Gasteiger partial charge in [-0.15, -0.1) is 0 Å². The Balaban J connectivity index is 2.21. The van der Waals surface area contributed by atoms with Gasteiger partial charge in [-0.25, -0.2) is 5.43 Å². The standard InChI is InChI=1S/C17H16BrN3/c1-11-5-4-8-14(16(11)18)17(21-19)15-10-20-9-12-6-2-3-7-13(12)15/h2-10,17,21H,19H2,1H3. The summed E-state index contributed by atoms with van der Waals surface area (Å²) in [6.45, 7) is 2.07. The molecule has 1 atom stereocenters. The van der Waals surface area contributed by atoms with Crippen molar-refractivity contribution in [1.29, 1.82) is 0 Å². The number of aryl methyl sites for hydroxylation is 1. The van der Waals surface area contributed by atoms with Crippen molar-refractivity contribution < 1.29 is 0 Å². The highest BCUT2D eigenvalue weighted by Gasteiger charge is 2.18. The second kappa shape index (κ2) is 5.93. The van der Waals surface area contributed by atoms with Gasteiger partial charge in [0.2, 0.25) is 0 Å². The molecule has 0 aliphatic rings.